The van der Waals surface area contributed by atoms with Crippen molar-refractivity contribution in [1.29, 1.82) is 0 Å². The summed E-state index contributed by atoms with van der Waals surface area (Å²) < 4.78 is 38.4. The lowest BCUT2D eigenvalue weighted by Crippen LogP contribution is -2.20. The van der Waals surface area contributed by atoms with Crippen LogP contribution in [0.15, 0.2) is 18.2 Å². The maximum atomic E-state index is 12.8. The first-order valence-electron chi connectivity index (χ1n) is 5.36. The molecular formula is C12H11F3O. The molecule has 0 aliphatic heterocycles. The van der Waals surface area contributed by atoms with E-state index < -0.39 is 17.8 Å². The predicted molar refractivity (Wildman–Crippen MR) is 52.2 cm³/mol. The third-order valence-corrected chi connectivity index (χ3v) is 3.78. The number of rotatable bonds is 0. The molecule has 1 aromatic carbocycles. The number of aliphatic hydroxyl groups is 1. The number of hydrogen-bond acceptors (Lipinski definition) is 1. The van der Waals surface area contributed by atoms with Gasteiger partial charge in [-0.05, 0) is 36.0 Å². The lowest BCUT2D eigenvalue weighted by Gasteiger charge is -2.23. The fourth-order valence-corrected chi connectivity index (χ4v) is 3.18. The van der Waals surface area contributed by atoms with Gasteiger partial charge in [-0.25, -0.2) is 0 Å². The van der Waals surface area contributed by atoms with Crippen molar-refractivity contribution in [3.8, 4) is 0 Å². The third kappa shape index (κ3) is 1.22. The van der Waals surface area contributed by atoms with E-state index >= 15 is 0 Å². The van der Waals surface area contributed by atoms with Crippen molar-refractivity contribution in [1.82, 2.24) is 0 Å². The minimum absolute atomic E-state index is 0.122. The molecule has 0 aromatic heterocycles. The van der Waals surface area contributed by atoms with E-state index in [0.29, 0.717) is 18.4 Å². The summed E-state index contributed by atoms with van der Waals surface area (Å²) in [6.45, 7) is 0. The fraction of sp³-hybridized carbons (Fsp3) is 0.500. The van der Waals surface area contributed by atoms with Crippen molar-refractivity contribution in [2.45, 2.75) is 37.0 Å². The van der Waals surface area contributed by atoms with E-state index in [1.54, 1.807) is 6.07 Å². The number of aliphatic hydroxyl groups excluding tert-OH is 1. The van der Waals surface area contributed by atoms with Crippen molar-refractivity contribution in [3.63, 3.8) is 0 Å². The average Bonchev–Trinajstić information content (AvgIpc) is 2.73. The second-order valence-corrected chi connectivity index (χ2v) is 4.65. The van der Waals surface area contributed by atoms with Gasteiger partial charge in [-0.2, -0.15) is 13.2 Å². The molecule has 0 amide bonds. The molecule has 1 N–H and O–H groups in total. The van der Waals surface area contributed by atoms with Crippen LogP contribution in [0.4, 0.5) is 13.2 Å². The summed E-state index contributed by atoms with van der Waals surface area (Å²) in [5, 5.41) is 9.69. The predicted octanol–water partition coefficient (Wildman–Crippen LogP) is 3.04. The van der Waals surface area contributed by atoms with Gasteiger partial charge in [0, 0.05) is 5.92 Å². The highest BCUT2D eigenvalue weighted by Crippen LogP contribution is 2.55. The normalized spacial score (nSPS) is 31.9. The van der Waals surface area contributed by atoms with E-state index in [1.807, 2.05) is 0 Å². The van der Waals surface area contributed by atoms with Gasteiger partial charge in [0.05, 0.1) is 11.7 Å². The van der Waals surface area contributed by atoms with Crippen molar-refractivity contribution in [2.24, 2.45) is 0 Å². The van der Waals surface area contributed by atoms with Crippen LogP contribution >= 0.6 is 0 Å². The number of halogens is 3. The molecule has 86 valence electrons. The quantitative estimate of drug-likeness (QED) is 0.723. The van der Waals surface area contributed by atoms with Crippen LogP contribution in [0.2, 0.25) is 0 Å². The number of hydrogen-bond donors (Lipinski definition) is 1. The van der Waals surface area contributed by atoms with E-state index in [-0.39, 0.29) is 11.8 Å². The fourth-order valence-electron chi connectivity index (χ4n) is 3.18. The number of alkyl halides is 3. The first-order valence-corrected chi connectivity index (χ1v) is 5.36. The van der Waals surface area contributed by atoms with Gasteiger partial charge in [0.1, 0.15) is 0 Å². The van der Waals surface area contributed by atoms with Crippen LogP contribution in [0.25, 0.3) is 0 Å². The Kier molecular flexibility index (Phi) is 1.90. The minimum Gasteiger partial charge on any atom is -0.392 e. The lowest BCUT2D eigenvalue weighted by atomic mass is 9.86. The molecule has 3 atom stereocenters. The highest BCUT2D eigenvalue weighted by atomic mass is 19.4. The molecule has 4 heteroatoms. The summed E-state index contributed by atoms with van der Waals surface area (Å²) >= 11 is 0. The molecular weight excluding hydrogens is 217 g/mol. The van der Waals surface area contributed by atoms with Crippen molar-refractivity contribution in [2.75, 3.05) is 0 Å². The highest BCUT2D eigenvalue weighted by molar-refractivity contribution is 5.48. The van der Waals surface area contributed by atoms with Crippen molar-refractivity contribution >= 4 is 0 Å². The lowest BCUT2D eigenvalue weighted by molar-refractivity contribution is -0.138. The van der Waals surface area contributed by atoms with Gasteiger partial charge in [-0.1, -0.05) is 12.1 Å². The van der Waals surface area contributed by atoms with Crippen molar-refractivity contribution in [3.05, 3.63) is 34.9 Å². The Morgan fingerprint density at radius 1 is 1.19 bits per heavy atom. The molecule has 1 fully saturated rings. The van der Waals surface area contributed by atoms with Gasteiger partial charge in [0.15, 0.2) is 0 Å². The summed E-state index contributed by atoms with van der Waals surface area (Å²) in [5.74, 6) is -0.185. The zero-order valence-electron chi connectivity index (χ0n) is 8.46. The highest BCUT2D eigenvalue weighted by Gasteiger charge is 2.48. The Labute approximate surface area is 90.9 Å². The summed E-state index contributed by atoms with van der Waals surface area (Å²) in [6.07, 6.45) is -3.63. The second-order valence-electron chi connectivity index (χ2n) is 4.65. The first-order chi connectivity index (χ1) is 7.48. The summed E-state index contributed by atoms with van der Waals surface area (Å²) in [7, 11) is 0. The Balaban J connectivity index is 2.19. The van der Waals surface area contributed by atoms with Crippen molar-refractivity contribution < 1.29 is 18.3 Å². The standard InChI is InChI=1S/C12H11F3O/c13-12(14,15)9-3-1-2-7-6-4-8(11(7)9)10(16)5-6/h1-3,6,8,10,16H,4-5H2/t6-,8+,10+/m0/s1. The molecule has 2 aliphatic carbocycles. The van der Waals surface area contributed by atoms with E-state index in [0.717, 1.165) is 11.6 Å². The van der Waals surface area contributed by atoms with Gasteiger partial charge >= 0.3 is 6.18 Å². The molecule has 3 rings (SSSR count). The van der Waals surface area contributed by atoms with E-state index in [2.05, 4.69) is 0 Å². The van der Waals surface area contributed by atoms with E-state index in [1.165, 1.54) is 6.07 Å². The van der Waals surface area contributed by atoms with Gasteiger partial charge in [0.25, 0.3) is 0 Å². The largest absolute Gasteiger partial charge is 0.416 e. The Morgan fingerprint density at radius 2 is 1.94 bits per heavy atom. The zero-order valence-corrected chi connectivity index (χ0v) is 8.46. The molecule has 2 bridgehead atoms. The monoisotopic (exact) mass is 228 g/mol. The van der Waals surface area contributed by atoms with Crippen LogP contribution in [0.1, 0.15) is 41.4 Å². The zero-order chi connectivity index (χ0) is 11.5. The number of fused-ring (bicyclic) bond motifs is 5. The van der Waals surface area contributed by atoms with E-state index in [4.69, 9.17) is 0 Å². The Hall–Kier alpha value is -1.03. The maximum absolute atomic E-state index is 12.8. The van der Waals surface area contributed by atoms with Gasteiger partial charge in [-0.3, -0.25) is 0 Å². The topological polar surface area (TPSA) is 20.2 Å². The Bertz CT molecular complexity index is 438. The Morgan fingerprint density at radius 3 is 2.62 bits per heavy atom. The molecule has 0 spiro atoms. The molecule has 0 saturated heterocycles. The molecule has 0 unspecified atom stereocenters. The molecule has 1 aromatic rings. The van der Waals surface area contributed by atoms with Crippen LogP contribution in [-0.4, -0.2) is 11.2 Å². The molecule has 16 heavy (non-hydrogen) atoms. The van der Waals surface area contributed by atoms with Gasteiger partial charge < -0.3 is 5.11 Å². The number of benzene rings is 1. The molecule has 2 aliphatic rings. The van der Waals surface area contributed by atoms with Crippen LogP contribution in [0.5, 0.6) is 0 Å². The summed E-state index contributed by atoms with van der Waals surface area (Å²) in [4.78, 5) is 0. The average molecular weight is 228 g/mol. The smallest absolute Gasteiger partial charge is 0.392 e. The van der Waals surface area contributed by atoms with Crippen LogP contribution < -0.4 is 0 Å². The van der Waals surface area contributed by atoms with Crippen LogP contribution in [0.3, 0.4) is 0 Å². The van der Waals surface area contributed by atoms with E-state index in [9.17, 15) is 18.3 Å². The SMILES string of the molecule is O[C@@H]1C[C@@H]2C[C@H]1c1c2cccc1C(F)(F)F. The summed E-state index contributed by atoms with van der Waals surface area (Å²) in [6, 6.07) is 4.35. The molecule has 0 heterocycles. The van der Waals surface area contributed by atoms with Gasteiger partial charge in [0.2, 0.25) is 0 Å². The summed E-state index contributed by atoms with van der Waals surface area (Å²) in [5.41, 5.74) is 0.583. The maximum Gasteiger partial charge on any atom is 0.416 e. The molecule has 0 radical (unpaired) electrons. The van der Waals surface area contributed by atoms with Crippen LogP contribution in [0, 0.1) is 0 Å². The molecule has 1 saturated carbocycles. The first kappa shape index (κ1) is 10.1. The molecule has 1 nitrogen and oxygen atoms in total. The minimum atomic E-state index is -4.31. The second kappa shape index (κ2) is 3.00. The van der Waals surface area contributed by atoms with Crippen LogP contribution in [-0.2, 0) is 6.18 Å². The van der Waals surface area contributed by atoms with Gasteiger partial charge in [-0.15, -0.1) is 0 Å². The third-order valence-electron chi connectivity index (χ3n) is 3.78.